The Morgan fingerprint density at radius 2 is 1.95 bits per heavy atom. The summed E-state index contributed by atoms with van der Waals surface area (Å²) in [5.41, 5.74) is 6.33. The molecule has 0 spiro atoms. The molecular formula is C14H13N3O3. The molecular weight excluding hydrogens is 258 g/mol. The number of hydrogen-bond acceptors (Lipinski definition) is 6. The molecule has 2 aromatic heterocycles. The molecule has 0 unspecified atom stereocenters. The van der Waals surface area contributed by atoms with Gasteiger partial charge in [0.25, 0.3) is 5.89 Å². The van der Waals surface area contributed by atoms with Crippen molar-refractivity contribution in [2.45, 2.75) is 6.54 Å². The highest BCUT2D eigenvalue weighted by Crippen LogP contribution is 2.25. The number of hydrogen-bond donors (Lipinski definition) is 1. The van der Waals surface area contributed by atoms with E-state index in [1.165, 1.54) is 0 Å². The lowest BCUT2D eigenvalue weighted by Crippen LogP contribution is -1.92. The van der Waals surface area contributed by atoms with E-state index in [0.29, 0.717) is 29.8 Å². The summed E-state index contributed by atoms with van der Waals surface area (Å²) < 4.78 is 15.8. The molecule has 102 valence electrons. The first-order valence-corrected chi connectivity index (χ1v) is 6.07. The van der Waals surface area contributed by atoms with Gasteiger partial charge in [-0.3, -0.25) is 0 Å². The summed E-state index contributed by atoms with van der Waals surface area (Å²) in [6.07, 6.45) is 0. The van der Waals surface area contributed by atoms with Crippen molar-refractivity contribution in [3.63, 3.8) is 0 Å². The highest BCUT2D eigenvalue weighted by molar-refractivity contribution is 5.58. The highest BCUT2D eigenvalue weighted by atomic mass is 16.5. The predicted octanol–water partition coefficient (Wildman–Crippen LogP) is 2.46. The zero-order chi connectivity index (χ0) is 13.9. The summed E-state index contributed by atoms with van der Waals surface area (Å²) in [7, 11) is 1.62. The first-order chi connectivity index (χ1) is 9.80. The highest BCUT2D eigenvalue weighted by Gasteiger charge is 2.13. The smallest absolute Gasteiger partial charge is 0.293 e. The number of rotatable bonds is 4. The third-order valence-electron chi connectivity index (χ3n) is 2.85. The summed E-state index contributed by atoms with van der Waals surface area (Å²) >= 11 is 0. The molecule has 0 bridgehead atoms. The van der Waals surface area contributed by atoms with E-state index in [9.17, 15) is 0 Å². The van der Waals surface area contributed by atoms with Gasteiger partial charge in [-0.15, -0.1) is 0 Å². The van der Waals surface area contributed by atoms with Crippen LogP contribution in [0.1, 0.15) is 5.76 Å². The molecule has 0 aliphatic carbocycles. The molecule has 3 rings (SSSR count). The van der Waals surface area contributed by atoms with Crippen LogP contribution < -0.4 is 10.5 Å². The fourth-order valence-corrected chi connectivity index (χ4v) is 1.78. The molecule has 2 heterocycles. The number of benzene rings is 1. The number of methoxy groups -OCH3 is 1. The molecule has 3 aromatic rings. The van der Waals surface area contributed by atoms with Crippen LogP contribution in [0.3, 0.4) is 0 Å². The van der Waals surface area contributed by atoms with Crippen LogP contribution in [0.2, 0.25) is 0 Å². The molecule has 6 heteroatoms. The first-order valence-electron chi connectivity index (χ1n) is 6.07. The molecule has 0 radical (unpaired) electrons. The molecule has 0 aliphatic rings. The Labute approximate surface area is 115 Å². The number of ether oxygens (including phenoxy) is 1. The van der Waals surface area contributed by atoms with Gasteiger partial charge in [0.15, 0.2) is 5.76 Å². The van der Waals surface area contributed by atoms with E-state index in [1.807, 2.05) is 24.3 Å². The van der Waals surface area contributed by atoms with Crippen LogP contribution in [0.5, 0.6) is 5.75 Å². The van der Waals surface area contributed by atoms with Crippen LogP contribution in [0.15, 0.2) is 45.3 Å². The molecule has 0 fully saturated rings. The Bertz CT molecular complexity index is 701. The minimum absolute atomic E-state index is 0.329. The topological polar surface area (TPSA) is 87.3 Å². The fraction of sp³-hybridized carbons (Fsp3) is 0.143. The zero-order valence-electron chi connectivity index (χ0n) is 10.9. The molecule has 6 nitrogen and oxygen atoms in total. The van der Waals surface area contributed by atoms with Crippen molar-refractivity contribution in [2.75, 3.05) is 7.11 Å². The van der Waals surface area contributed by atoms with Gasteiger partial charge in [-0.25, -0.2) is 0 Å². The lowest BCUT2D eigenvalue weighted by Gasteiger charge is -1.98. The van der Waals surface area contributed by atoms with Crippen molar-refractivity contribution < 1.29 is 13.7 Å². The van der Waals surface area contributed by atoms with Crippen LogP contribution >= 0.6 is 0 Å². The van der Waals surface area contributed by atoms with Crippen molar-refractivity contribution in [3.8, 4) is 28.8 Å². The van der Waals surface area contributed by atoms with Crippen molar-refractivity contribution in [1.29, 1.82) is 0 Å². The van der Waals surface area contributed by atoms with Gasteiger partial charge in [0.1, 0.15) is 11.5 Å². The molecule has 20 heavy (non-hydrogen) atoms. The molecule has 0 amide bonds. The van der Waals surface area contributed by atoms with E-state index in [4.69, 9.17) is 19.4 Å². The fourth-order valence-electron chi connectivity index (χ4n) is 1.78. The SMILES string of the molecule is COc1ccc(-c2noc(-c3ccc(CN)o3)n2)cc1. The second-order valence-electron chi connectivity index (χ2n) is 4.12. The molecule has 0 saturated heterocycles. The maximum absolute atomic E-state index is 5.49. The van der Waals surface area contributed by atoms with E-state index < -0.39 is 0 Å². The third-order valence-corrected chi connectivity index (χ3v) is 2.85. The summed E-state index contributed by atoms with van der Waals surface area (Å²) in [6.45, 7) is 0.333. The van der Waals surface area contributed by atoms with Gasteiger partial charge >= 0.3 is 0 Å². The Morgan fingerprint density at radius 3 is 2.60 bits per heavy atom. The molecule has 0 atom stereocenters. The number of aromatic nitrogens is 2. The largest absolute Gasteiger partial charge is 0.497 e. The minimum atomic E-state index is 0.329. The maximum atomic E-state index is 5.49. The van der Waals surface area contributed by atoms with Crippen LogP contribution in [-0.2, 0) is 6.54 Å². The molecule has 2 N–H and O–H groups in total. The van der Waals surface area contributed by atoms with Gasteiger partial charge in [-0.2, -0.15) is 4.98 Å². The predicted molar refractivity (Wildman–Crippen MR) is 71.9 cm³/mol. The second-order valence-corrected chi connectivity index (χ2v) is 4.12. The van der Waals surface area contributed by atoms with Crippen molar-refractivity contribution in [1.82, 2.24) is 10.1 Å². The van der Waals surface area contributed by atoms with Gasteiger partial charge in [0.2, 0.25) is 5.82 Å². The second kappa shape index (κ2) is 5.18. The van der Waals surface area contributed by atoms with Crippen molar-refractivity contribution >= 4 is 0 Å². The van der Waals surface area contributed by atoms with Gasteiger partial charge in [-0.05, 0) is 36.4 Å². The van der Waals surface area contributed by atoms with E-state index >= 15 is 0 Å². The van der Waals surface area contributed by atoms with Crippen LogP contribution in [0, 0.1) is 0 Å². The lowest BCUT2D eigenvalue weighted by molar-refractivity contribution is 0.411. The summed E-state index contributed by atoms with van der Waals surface area (Å²) in [5.74, 6) is 2.78. The summed E-state index contributed by atoms with van der Waals surface area (Å²) in [5, 5.41) is 3.94. The standard InChI is InChI=1S/C14H13N3O3/c1-18-10-4-2-9(3-5-10)13-16-14(20-17-13)12-7-6-11(8-15)19-12/h2-7H,8,15H2,1H3. The van der Waals surface area contributed by atoms with Crippen LogP contribution in [0.4, 0.5) is 0 Å². The Hall–Kier alpha value is -2.60. The van der Waals surface area contributed by atoms with Gasteiger partial charge in [0.05, 0.1) is 13.7 Å². The number of furan rings is 1. The molecule has 0 saturated carbocycles. The van der Waals surface area contributed by atoms with E-state index in [-0.39, 0.29) is 0 Å². The average molecular weight is 271 g/mol. The Balaban J connectivity index is 1.88. The third kappa shape index (κ3) is 2.28. The maximum Gasteiger partial charge on any atom is 0.293 e. The van der Waals surface area contributed by atoms with Crippen LogP contribution in [-0.4, -0.2) is 17.3 Å². The normalized spacial score (nSPS) is 10.7. The van der Waals surface area contributed by atoms with E-state index in [1.54, 1.807) is 19.2 Å². The Kier molecular flexibility index (Phi) is 3.22. The average Bonchev–Trinajstić information content (AvgIpc) is 3.16. The number of nitrogens with two attached hydrogens (primary N) is 1. The quantitative estimate of drug-likeness (QED) is 0.784. The van der Waals surface area contributed by atoms with Gasteiger partial charge in [0, 0.05) is 5.56 Å². The lowest BCUT2D eigenvalue weighted by atomic mass is 10.2. The van der Waals surface area contributed by atoms with E-state index in [0.717, 1.165) is 11.3 Å². The summed E-state index contributed by atoms with van der Waals surface area (Å²) in [6, 6.07) is 10.9. The molecule has 0 aliphatic heterocycles. The monoisotopic (exact) mass is 271 g/mol. The van der Waals surface area contributed by atoms with E-state index in [2.05, 4.69) is 10.1 Å². The van der Waals surface area contributed by atoms with Crippen LogP contribution in [0.25, 0.3) is 23.0 Å². The van der Waals surface area contributed by atoms with Gasteiger partial charge in [-0.1, -0.05) is 5.16 Å². The summed E-state index contributed by atoms with van der Waals surface area (Å²) in [4.78, 5) is 4.30. The number of nitrogens with zero attached hydrogens (tertiary/aromatic N) is 2. The first kappa shape index (κ1) is 12.4. The zero-order valence-corrected chi connectivity index (χ0v) is 10.9. The minimum Gasteiger partial charge on any atom is -0.497 e. The van der Waals surface area contributed by atoms with Crippen molar-refractivity contribution in [3.05, 3.63) is 42.2 Å². The molecule has 1 aromatic carbocycles. The van der Waals surface area contributed by atoms with Gasteiger partial charge < -0.3 is 19.4 Å². The van der Waals surface area contributed by atoms with Crippen molar-refractivity contribution in [2.24, 2.45) is 5.73 Å². The Morgan fingerprint density at radius 1 is 1.15 bits per heavy atom.